The fourth-order valence-electron chi connectivity index (χ4n) is 2.04. The monoisotopic (exact) mass is 323 g/mol. The summed E-state index contributed by atoms with van der Waals surface area (Å²) in [5.74, 6) is -0.485. The number of thiophene rings is 1. The highest BCUT2D eigenvalue weighted by molar-refractivity contribution is 7.16. The third kappa shape index (κ3) is 3.93. The summed E-state index contributed by atoms with van der Waals surface area (Å²) in [4.78, 5) is 15.3. The van der Waals surface area contributed by atoms with Gasteiger partial charge in [-0.05, 0) is 42.8 Å². The number of nitrogens with zero attached hydrogens (tertiary/aromatic N) is 1. The van der Waals surface area contributed by atoms with E-state index < -0.39 is 0 Å². The van der Waals surface area contributed by atoms with Crippen molar-refractivity contribution in [2.75, 3.05) is 6.54 Å². The smallest absolute Gasteiger partial charge is 0.254 e. The molecule has 21 heavy (non-hydrogen) atoms. The maximum absolute atomic E-state index is 13.2. The molecule has 0 unspecified atom stereocenters. The normalized spacial score (nSPS) is 10.4. The summed E-state index contributed by atoms with van der Waals surface area (Å²) in [7, 11) is 0. The Hall–Kier alpha value is -1.65. The number of rotatable bonds is 5. The lowest BCUT2D eigenvalue weighted by molar-refractivity contribution is 0.0763. The largest absolute Gasteiger partial charge is 0.330 e. The molecule has 1 amide bonds. The Balaban J connectivity index is 2.24. The number of halogens is 2. The van der Waals surface area contributed by atoms with Gasteiger partial charge in [0.15, 0.2) is 0 Å². The molecule has 0 fully saturated rings. The van der Waals surface area contributed by atoms with Crippen molar-refractivity contribution < 1.29 is 9.18 Å². The molecule has 1 heterocycles. The molecule has 1 aromatic carbocycles. The zero-order valence-electron chi connectivity index (χ0n) is 11.6. The van der Waals surface area contributed by atoms with E-state index >= 15 is 0 Å². The van der Waals surface area contributed by atoms with Crippen LogP contribution < -0.4 is 0 Å². The Morgan fingerprint density at radius 3 is 2.76 bits per heavy atom. The summed E-state index contributed by atoms with van der Waals surface area (Å²) in [5, 5.41) is 0. The number of benzene rings is 1. The fraction of sp³-hybridized carbons (Fsp3) is 0.188. The summed E-state index contributed by atoms with van der Waals surface area (Å²) in [6.45, 7) is 6.29. The standard InChI is InChI=1S/C16H15ClFNOS/c1-3-8-19(10-13-5-7-15(17)21-13)16(20)14-6-4-12(18)9-11(14)2/h3-7,9H,1,8,10H2,2H3. The van der Waals surface area contributed by atoms with Crippen molar-refractivity contribution in [3.05, 3.63) is 69.1 Å². The number of hydrogen-bond acceptors (Lipinski definition) is 2. The predicted molar refractivity (Wildman–Crippen MR) is 85.4 cm³/mol. The van der Waals surface area contributed by atoms with Crippen LogP contribution in [-0.2, 0) is 6.54 Å². The average Bonchev–Trinajstić information content (AvgIpc) is 2.83. The Bertz CT molecular complexity index is 668. The molecule has 110 valence electrons. The van der Waals surface area contributed by atoms with Gasteiger partial charge in [0.1, 0.15) is 5.82 Å². The first-order chi connectivity index (χ1) is 10.0. The molecule has 0 atom stereocenters. The van der Waals surface area contributed by atoms with Gasteiger partial charge in [-0.25, -0.2) is 4.39 Å². The minimum Gasteiger partial charge on any atom is -0.330 e. The van der Waals surface area contributed by atoms with Crippen molar-refractivity contribution in [2.24, 2.45) is 0 Å². The third-order valence-electron chi connectivity index (χ3n) is 3.03. The van der Waals surface area contributed by atoms with Crippen LogP contribution in [0.15, 0.2) is 43.0 Å². The lowest BCUT2D eigenvalue weighted by Crippen LogP contribution is -2.31. The van der Waals surface area contributed by atoms with E-state index in [9.17, 15) is 9.18 Å². The Morgan fingerprint density at radius 2 is 2.19 bits per heavy atom. The van der Waals surface area contributed by atoms with E-state index in [1.54, 1.807) is 24.0 Å². The number of carbonyl (C=O) groups is 1. The molecule has 2 nitrogen and oxygen atoms in total. The fourth-order valence-corrected chi connectivity index (χ4v) is 3.14. The maximum atomic E-state index is 13.2. The summed E-state index contributed by atoms with van der Waals surface area (Å²) >= 11 is 7.35. The van der Waals surface area contributed by atoms with E-state index in [-0.39, 0.29) is 11.7 Å². The van der Waals surface area contributed by atoms with E-state index in [0.717, 1.165) is 4.88 Å². The van der Waals surface area contributed by atoms with Crippen LogP contribution in [0.25, 0.3) is 0 Å². The first-order valence-corrected chi connectivity index (χ1v) is 7.61. The quantitative estimate of drug-likeness (QED) is 0.732. The molecule has 0 bridgehead atoms. The van der Waals surface area contributed by atoms with Crippen molar-refractivity contribution >= 4 is 28.8 Å². The van der Waals surface area contributed by atoms with Crippen molar-refractivity contribution in [2.45, 2.75) is 13.5 Å². The minimum atomic E-state index is -0.343. The SMILES string of the molecule is C=CCN(Cc1ccc(Cl)s1)C(=O)c1ccc(F)cc1C. The van der Waals surface area contributed by atoms with Crippen LogP contribution in [0.3, 0.4) is 0 Å². The molecule has 0 saturated carbocycles. The first-order valence-electron chi connectivity index (χ1n) is 6.42. The summed E-state index contributed by atoms with van der Waals surface area (Å²) < 4.78 is 13.8. The second-order valence-electron chi connectivity index (χ2n) is 4.64. The lowest BCUT2D eigenvalue weighted by Gasteiger charge is -2.21. The minimum absolute atomic E-state index is 0.142. The molecule has 0 radical (unpaired) electrons. The van der Waals surface area contributed by atoms with Gasteiger partial charge in [0, 0.05) is 17.0 Å². The van der Waals surface area contributed by atoms with Crippen LogP contribution in [0.5, 0.6) is 0 Å². The van der Waals surface area contributed by atoms with Gasteiger partial charge in [0.2, 0.25) is 0 Å². The molecule has 0 saturated heterocycles. The Kier molecular flexibility index (Phi) is 5.15. The zero-order chi connectivity index (χ0) is 15.4. The van der Waals surface area contributed by atoms with E-state index in [2.05, 4.69) is 6.58 Å². The zero-order valence-corrected chi connectivity index (χ0v) is 13.2. The van der Waals surface area contributed by atoms with Crippen LogP contribution in [0, 0.1) is 12.7 Å². The van der Waals surface area contributed by atoms with Gasteiger partial charge in [0.25, 0.3) is 5.91 Å². The number of aryl methyl sites for hydroxylation is 1. The first kappa shape index (κ1) is 15.7. The van der Waals surface area contributed by atoms with Crippen LogP contribution >= 0.6 is 22.9 Å². The molecule has 0 spiro atoms. The maximum Gasteiger partial charge on any atom is 0.254 e. The molecule has 1 aromatic heterocycles. The van der Waals surface area contributed by atoms with E-state index in [1.807, 2.05) is 6.07 Å². The van der Waals surface area contributed by atoms with Crippen molar-refractivity contribution in [3.63, 3.8) is 0 Å². The van der Waals surface area contributed by atoms with Gasteiger partial charge in [-0.1, -0.05) is 17.7 Å². The molecule has 0 aliphatic carbocycles. The van der Waals surface area contributed by atoms with Crippen LogP contribution in [0.4, 0.5) is 4.39 Å². The summed E-state index contributed by atoms with van der Waals surface area (Å²) in [5.41, 5.74) is 1.12. The highest BCUT2D eigenvalue weighted by atomic mass is 35.5. The molecular weight excluding hydrogens is 309 g/mol. The van der Waals surface area contributed by atoms with E-state index in [4.69, 9.17) is 11.6 Å². The van der Waals surface area contributed by atoms with E-state index in [0.29, 0.717) is 28.6 Å². The van der Waals surface area contributed by atoms with Gasteiger partial charge < -0.3 is 4.90 Å². The summed E-state index contributed by atoms with van der Waals surface area (Å²) in [6, 6.07) is 7.88. The molecule has 5 heteroatoms. The molecule has 0 N–H and O–H groups in total. The Morgan fingerprint density at radius 1 is 1.43 bits per heavy atom. The number of amides is 1. The van der Waals surface area contributed by atoms with Gasteiger partial charge in [-0.3, -0.25) is 4.79 Å². The van der Waals surface area contributed by atoms with Gasteiger partial charge >= 0.3 is 0 Å². The number of carbonyl (C=O) groups excluding carboxylic acids is 1. The van der Waals surface area contributed by atoms with Crippen LogP contribution in [-0.4, -0.2) is 17.4 Å². The molecular formula is C16H15ClFNOS. The highest BCUT2D eigenvalue weighted by Crippen LogP contribution is 2.23. The van der Waals surface area contributed by atoms with Gasteiger partial charge in [0.05, 0.1) is 10.9 Å². The van der Waals surface area contributed by atoms with Gasteiger partial charge in [-0.15, -0.1) is 17.9 Å². The lowest BCUT2D eigenvalue weighted by atomic mass is 10.1. The summed E-state index contributed by atoms with van der Waals surface area (Å²) in [6.07, 6.45) is 1.67. The predicted octanol–water partition coefficient (Wildman–Crippen LogP) is 4.68. The van der Waals surface area contributed by atoms with Crippen molar-refractivity contribution in [3.8, 4) is 0 Å². The molecule has 0 aliphatic rings. The van der Waals surface area contributed by atoms with Crippen molar-refractivity contribution in [1.29, 1.82) is 0 Å². The second kappa shape index (κ2) is 6.87. The molecule has 2 aromatic rings. The highest BCUT2D eigenvalue weighted by Gasteiger charge is 2.18. The molecule has 2 rings (SSSR count). The van der Waals surface area contributed by atoms with Crippen LogP contribution in [0.1, 0.15) is 20.8 Å². The third-order valence-corrected chi connectivity index (χ3v) is 4.25. The molecule has 0 aliphatic heterocycles. The second-order valence-corrected chi connectivity index (χ2v) is 6.44. The van der Waals surface area contributed by atoms with Crippen molar-refractivity contribution in [1.82, 2.24) is 4.90 Å². The number of hydrogen-bond donors (Lipinski definition) is 0. The Labute approximate surface area is 132 Å². The average molecular weight is 324 g/mol. The van der Waals surface area contributed by atoms with E-state index in [1.165, 1.54) is 29.5 Å². The topological polar surface area (TPSA) is 20.3 Å². The van der Waals surface area contributed by atoms with Gasteiger partial charge in [-0.2, -0.15) is 0 Å². The van der Waals surface area contributed by atoms with Crippen LogP contribution in [0.2, 0.25) is 4.34 Å².